The van der Waals surface area contributed by atoms with Gasteiger partial charge in [0.25, 0.3) is 0 Å². The van der Waals surface area contributed by atoms with Gasteiger partial charge in [-0.1, -0.05) is 24.3 Å². The van der Waals surface area contributed by atoms with Crippen molar-refractivity contribution < 1.29 is 19.0 Å². The summed E-state index contributed by atoms with van der Waals surface area (Å²) in [5.74, 6) is 0.938. The molecule has 112 valence electrons. The van der Waals surface area contributed by atoms with Gasteiger partial charge in [-0.25, -0.2) is 0 Å². The summed E-state index contributed by atoms with van der Waals surface area (Å²) >= 11 is 0. The zero-order valence-corrected chi connectivity index (χ0v) is 12.6. The lowest BCUT2D eigenvalue weighted by atomic mass is 10.2. The summed E-state index contributed by atoms with van der Waals surface area (Å²) in [6.45, 7) is 7.26. The quantitative estimate of drug-likeness (QED) is 0.435. The van der Waals surface area contributed by atoms with Gasteiger partial charge in [-0.2, -0.15) is 0 Å². The van der Waals surface area contributed by atoms with Gasteiger partial charge in [0.05, 0.1) is 13.4 Å². The first-order valence-electron chi connectivity index (χ1n) is 6.49. The molecule has 1 aromatic carbocycles. The van der Waals surface area contributed by atoms with Crippen molar-refractivity contribution in [3.8, 4) is 11.5 Å². The highest BCUT2D eigenvalue weighted by Crippen LogP contribution is 2.28. The Morgan fingerprint density at radius 2 is 2.05 bits per heavy atom. The van der Waals surface area contributed by atoms with E-state index in [1.165, 1.54) is 6.92 Å². The standard InChI is InChI=1S/C17H20O4/c1-13(2)9-11-21-16-8-7-15(12-17(16)19-4)6-5-10-20-14(3)18/h5-9,11-12H,1,10H2,2-4H3. The molecule has 0 saturated heterocycles. The Hall–Kier alpha value is -2.49. The molecule has 0 saturated carbocycles. The van der Waals surface area contributed by atoms with Crippen molar-refractivity contribution in [1.29, 1.82) is 0 Å². The van der Waals surface area contributed by atoms with Crippen molar-refractivity contribution in [3.05, 3.63) is 54.3 Å². The van der Waals surface area contributed by atoms with Gasteiger partial charge in [0.1, 0.15) is 6.61 Å². The first-order valence-corrected chi connectivity index (χ1v) is 6.49. The van der Waals surface area contributed by atoms with Crippen molar-refractivity contribution in [1.82, 2.24) is 0 Å². The minimum absolute atomic E-state index is 0.247. The highest BCUT2D eigenvalue weighted by molar-refractivity contribution is 5.66. The smallest absolute Gasteiger partial charge is 0.302 e. The molecule has 0 atom stereocenters. The van der Waals surface area contributed by atoms with Crippen LogP contribution in [0.3, 0.4) is 0 Å². The topological polar surface area (TPSA) is 44.8 Å². The lowest BCUT2D eigenvalue weighted by molar-refractivity contribution is -0.139. The Morgan fingerprint density at radius 1 is 1.29 bits per heavy atom. The van der Waals surface area contributed by atoms with Crippen LogP contribution in [-0.4, -0.2) is 19.7 Å². The van der Waals surface area contributed by atoms with Gasteiger partial charge >= 0.3 is 5.97 Å². The molecule has 0 amide bonds. The van der Waals surface area contributed by atoms with Crippen LogP contribution in [0.15, 0.2) is 48.8 Å². The third kappa shape index (κ3) is 6.47. The summed E-state index contributed by atoms with van der Waals surface area (Å²) in [6, 6.07) is 5.54. The number of hydrogen-bond donors (Lipinski definition) is 0. The molecular formula is C17H20O4. The molecule has 4 heteroatoms. The lowest BCUT2D eigenvalue weighted by Gasteiger charge is -2.08. The summed E-state index contributed by atoms with van der Waals surface area (Å²) in [6.07, 6.45) is 6.94. The number of carbonyl (C=O) groups excluding carboxylic acids is 1. The minimum Gasteiger partial charge on any atom is -0.493 e. The van der Waals surface area contributed by atoms with E-state index in [1.807, 2.05) is 31.2 Å². The first kappa shape index (κ1) is 16.6. The number of hydrogen-bond acceptors (Lipinski definition) is 4. The summed E-state index contributed by atoms with van der Waals surface area (Å²) in [4.78, 5) is 10.6. The Labute approximate surface area is 125 Å². The van der Waals surface area contributed by atoms with Crippen LogP contribution in [0.4, 0.5) is 0 Å². The van der Waals surface area contributed by atoms with E-state index in [0.29, 0.717) is 11.5 Å². The molecule has 4 nitrogen and oxygen atoms in total. The molecular weight excluding hydrogens is 268 g/mol. The second-order valence-corrected chi connectivity index (χ2v) is 4.38. The van der Waals surface area contributed by atoms with Crippen LogP contribution in [0.25, 0.3) is 6.08 Å². The van der Waals surface area contributed by atoms with Crippen molar-refractivity contribution in [2.75, 3.05) is 13.7 Å². The van der Waals surface area contributed by atoms with Crippen molar-refractivity contribution >= 4 is 12.0 Å². The number of methoxy groups -OCH3 is 1. The van der Waals surface area contributed by atoms with Gasteiger partial charge in [-0.15, -0.1) is 0 Å². The fourth-order valence-electron chi connectivity index (χ4n) is 1.46. The van der Waals surface area contributed by atoms with E-state index in [1.54, 1.807) is 25.5 Å². The molecule has 0 heterocycles. The molecule has 0 aliphatic heterocycles. The van der Waals surface area contributed by atoms with Gasteiger partial charge in [0, 0.05) is 6.92 Å². The largest absolute Gasteiger partial charge is 0.493 e. The molecule has 0 fully saturated rings. The van der Waals surface area contributed by atoms with Crippen LogP contribution in [-0.2, 0) is 9.53 Å². The predicted molar refractivity (Wildman–Crippen MR) is 83.2 cm³/mol. The van der Waals surface area contributed by atoms with Crippen LogP contribution >= 0.6 is 0 Å². The van der Waals surface area contributed by atoms with E-state index < -0.39 is 0 Å². The number of esters is 1. The summed E-state index contributed by atoms with van der Waals surface area (Å²) < 4.78 is 15.6. The SMILES string of the molecule is C=C(C)C=COc1ccc(C=CCOC(C)=O)cc1OC. The molecule has 0 aliphatic carbocycles. The van der Waals surface area contributed by atoms with E-state index >= 15 is 0 Å². The highest BCUT2D eigenvalue weighted by atomic mass is 16.5. The van der Waals surface area contributed by atoms with Crippen molar-refractivity contribution in [2.45, 2.75) is 13.8 Å². The fraction of sp³-hybridized carbons (Fsp3) is 0.235. The molecule has 0 radical (unpaired) electrons. The lowest BCUT2D eigenvalue weighted by Crippen LogP contribution is -1.97. The Kier molecular flexibility index (Phi) is 6.81. The zero-order chi connectivity index (χ0) is 15.7. The maximum Gasteiger partial charge on any atom is 0.302 e. The number of rotatable bonds is 7. The molecule has 0 unspecified atom stereocenters. The number of allylic oxidation sites excluding steroid dienone is 2. The summed E-state index contributed by atoms with van der Waals surface area (Å²) in [7, 11) is 1.58. The molecule has 0 bridgehead atoms. The minimum atomic E-state index is -0.301. The second-order valence-electron chi connectivity index (χ2n) is 4.38. The average Bonchev–Trinajstić information content (AvgIpc) is 2.44. The van der Waals surface area contributed by atoms with Crippen molar-refractivity contribution in [2.24, 2.45) is 0 Å². The summed E-state index contributed by atoms with van der Waals surface area (Å²) in [5, 5.41) is 0. The van der Waals surface area contributed by atoms with E-state index in [4.69, 9.17) is 14.2 Å². The third-order valence-corrected chi connectivity index (χ3v) is 2.43. The molecule has 21 heavy (non-hydrogen) atoms. The number of ether oxygens (including phenoxy) is 3. The maximum atomic E-state index is 10.6. The zero-order valence-electron chi connectivity index (χ0n) is 12.6. The molecule has 1 aromatic rings. The normalized spacial score (nSPS) is 10.8. The molecule has 0 spiro atoms. The van der Waals surface area contributed by atoms with Crippen LogP contribution in [0.2, 0.25) is 0 Å². The monoisotopic (exact) mass is 288 g/mol. The molecule has 1 rings (SSSR count). The second kappa shape index (κ2) is 8.64. The first-order chi connectivity index (χ1) is 10.0. The third-order valence-electron chi connectivity index (χ3n) is 2.43. The fourth-order valence-corrected chi connectivity index (χ4v) is 1.46. The molecule has 0 N–H and O–H groups in total. The summed E-state index contributed by atoms with van der Waals surface area (Å²) in [5.41, 5.74) is 1.83. The van der Waals surface area contributed by atoms with Gasteiger partial charge in [0.15, 0.2) is 11.5 Å². The number of benzene rings is 1. The van der Waals surface area contributed by atoms with Gasteiger partial charge in [-0.05, 0) is 36.8 Å². The van der Waals surface area contributed by atoms with E-state index in [-0.39, 0.29) is 12.6 Å². The maximum absolute atomic E-state index is 10.6. The van der Waals surface area contributed by atoms with Gasteiger partial charge in [0.2, 0.25) is 0 Å². The Bertz CT molecular complexity index is 556. The van der Waals surface area contributed by atoms with Crippen molar-refractivity contribution in [3.63, 3.8) is 0 Å². The van der Waals surface area contributed by atoms with E-state index in [0.717, 1.165) is 11.1 Å². The van der Waals surface area contributed by atoms with Crippen LogP contribution in [0, 0.1) is 0 Å². The molecule has 0 aliphatic rings. The average molecular weight is 288 g/mol. The van der Waals surface area contributed by atoms with Crippen LogP contribution in [0.1, 0.15) is 19.4 Å². The van der Waals surface area contributed by atoms with Gasteiger partial charge < -0.3 is 14.2 Å². The molecule has 0 aromatic heterocycles. The Morgan fingerprint density at radius 3 is 2.67 bits per heavy atom. The highest BCUT2D eigenvalue weighted by Gasteiger charge is 2.03. The van der Waals surface area contributed by atoms with E-state index in [9.17, 15) is 4.79 Å². The number of carbonyl (C=O) groups is 1. The van der Waals surface area contributed by atoms with Crippen LogP contribution in [0.5, 0.6) is 11.5 Å². The van der Waals surface area contributed by atoms with Gasteiger partial charge in [-0.3, -0.25) is 4.79 Å². The Balaban J connectivity index is 2.73. The predicted octanol–water partition coefficient (Wildman–Crippen LogP) is 3.74. The van der Waals surface area contributed by atoms with E-state index in [2.05, 4.69) is 6.58 Å². The van der Waals surface area contributed by atoms with Crippen LogP contribution < -0.4 is 9.47 Å².